The van der Waals surface area contributed by atoms with Crippen LogP contribution in [0.3, 0.4) is 0 Å². The topological polar surface area (TPSA) is 81.2 Å². The van der Waals surface area contributed by atoms with Gasteiger partial charge in [-0.1, -0.05) is 31.2 Å². The molecule has 5 atom stereocenters. The lowest BCUT2D eigenvalue weighted by Gasteiger charge is -2.48. The van der Waals surface area contributed by atoms with Crippen LogP contribution in [-0.2, 0) is 28.4 Å². The Morgan fingerprint density at radius 1 is 1.10 bits per heavy atom. The van der Waals surface area contributed by atoms with Gasteiger partial charge in [0.05, 0.1) is 29.9 Å². The summed E-state index contributed by atoms with van der Waals surface area (Å²) in [5.74, 6) is 0.465. The smallest absolute Gasteiger partial charge is 0.377 e. The van der Waals surface area contributed by atoms with Crippen molar-refractivity contribution in [1.82, 2.24) is 20.1 Å². The van der Waals surface area contributed by atoms with Crippen molar-refractivity contribution < 1.29 is 35.8 Å². The van der Waals surface area contributed by atoms with Gasteiger partial charge >= 0.3 is 18.0 Å². The first-order valence-corrected chi connectivity index (χ1v) is 12.9. The summed E-state index contributed by atoms with van der Waals surface area (Å²) in [7, 11) is 1.50. The minimum Gasteiger partial charge on any atom is -0.377 e. The summed E-state index contributed by atoms with van der Waals surface area (Å²) in [6.45, 7) is 4.01. The number of hydrogen-bond acceptors (Lipinski definition) is 5. The highest BCUT2D eigenvalue weighted by molar-refractivity contribution is 5.34. The number of piperidine rings is 1. The van der Waals surface area contributed by atoms with Crippen LogP contribution < -0.4 is 11.0 Å². The van der Waals surface area contributed by atoms with Gasteiger partial charge in [0.25, 0.3) is 0 Å². The standard InChI is InChI=1S/C27H32F6N4O3/c1-16-6-4-5-7-22(16)25(9-8-21(13-34-25)37-23(14-39-3)35-36-24(37)38)15-40-17(2)18-10-19(26(28,29)30)12-20(11-18)27(31,32)33/h4-7,10-12,16-17,21-22,34H,8-9,13-15H2,1-3H3,(H,36,38)/t16?,17-,21?,22?,25-/m1/s1. The molecule has 0 amide bonds. The van der Waals surface area contributed by atoms with Gasteiger partial charge in [-0.15, -0.1) is 0 Å². The zero-order valence-electron chi connectivity index (χ0n) is 22.3. The second-order valence-electron chi connectivity index (χ2n) is 10.4. The van der Waals surface area contributed by atoms with Crippen LogP contribution in [0.4, 0.5) is 26.3 Å². The molecule has 1 aliphatic heterocycles. The van der Waals surface area contributed by atoms with Crippen molar-refractivity contribution in [1.29, 1.82) is 0 Å². The second-order valence-corrected chi connectivity index (χ2v) is 10.4. The lowest BCUT2D eigenvalue weighted by molar-refractivity contribution is -0.143. The first-order valence-electron chi connectivity index (χ1n) is 12.9. The second kappa shape index (κ2) is 11.5. The Hall–Kier alpha value is -2.90. The first kappa shape index (κ1) is 30.1. The van der Waals surface area contributed by atoms with Crippen LogP contribution in [0, 0.1) is 11.8 Å². The minimum absolute atomic E-state index is 0.0247. The molecule has 1 fully saturated rings. The van der Waals surface area contributed by atoms with Crippen molar-refractivity contribution in [3.05, 3.63) is 75.5 Å². The van der Waals surface area contributed by atoms with Crippen molar-refractivity contribution in [2.75, 3.05) is 20.3 Å². The van der Waals surface area contributed by atoms with Crippen molar-refractivity contribution >= 4 is 0 Å². The van der Waals surface area contributed by atoms with E-state index in [1.165, 1.54) is 14.0 Å². The largest absolute Gasteiger partial charge is 0.416 e. The zero-order chi connectivity index (χ0) is 29.3. The van der Waals surface area contributed by atoms with Crippen molar-refractivity contribution in [2.24, 2.45) is 11.8 Å². The number of ether oxygens (including phenoxy) is 2. The molecule has 1 aliphatic carbocycles. The molecule has 2 aromatic rings. The van der Waals surface area contributed by atoms with E-state index in [0.29, 0.717) is 37.3 Å². The van der Waals surface area contributed by atoms with Gasteiger partial charge in [0, 0.05) is 25.1 Å². The molecule has 220 valence electrons. The Morgan fingerprint density at radius 2 is 1.75 bits per heavy atom. The van der Waals surface area contributed by atoms with Gasteiger partial charge in [-0.05, 0) is 49.4 Å². The summed E-state index contributed by atoms with van der Waals surface area (Å²) < 4.78 is 93.2. The Kier molecular flexibility index (Phi) is 8.67. The number of benzene rings is 1. The maximum absolute atomic E-state index is 13.4. The van der Waals surface area contributed by atoms with E-state index in [1.807, 2.05) is 31.2 Å². The molecule has 3 unspecified atom stereocenters. The fourth-order valence-electron chi connectivity index (χ4n) is 5.59. The van der Waals surface area contributed by atoms with Gasteiger partial charge in [-0.2, -0.15) is 31.4 Å². The molecule has 0 bridgehead atoms. The van der Waals surface area contributed by atoms with Crippen molar-refractivity contribution in [3.63, 3.8) is 0 Å². The van der Waals surface area contributed by atoms with E-state index in [1.54, 1.807) is 4.57 Å². The third-order valence-corrected chi connectivity index (χ3v) is 7.75. The molecule has 0 saturated carbocycles. The lowest BCUT2D eigenvalue weighted by Crippen LogP contribution is -2.60. The van der Waals surface area contributed by atoms with Crippen LogP contribution >= 0.6 is 0 Å². The maximum atomic E-state index is 13.4. The fraction of sp³-hybridized carbons (Fsp3) is 0.556. The fourth-order valence-corrected chi connectivity index (χ4v) is 5.59. The van der Waals surface area contributed by atoms with Crippen LogP contribution in [0.25, 0.3) is 0 Å². The number of aromatic amines is 1. The molecule has 1 aromatic carbocycles. The highest BCUT2D eigenvalue weighted by Gasteiger charge is 2.44. The first-order chi connectivity index (χ1) is 18.7. The molecular weight excluding hydrogens is 542 g/mol. The van der Waals surface area contributed by atoms with Crippen molar-refractivity contribution in [3.8, 4) is 0 Å². The van der Waals surface area contributed by atoms with Gasteiger partial charge in [0.15, 0.2) is 5.82 Å². The number of H-pyrrole nitrogens is 1. The third kappa shape index (κ3) is 6.36. The maximum Gasteiger partial charge on any atom is 0.416 e. The Morgan fingerprint density at radius 3 is 2.30 bits per heavy atom. The van der Waals surface area contributed by atoms with Crippen LogP contribution in [0.1, 0.15) is 61.3 Å². The summed E-state index contributed by atoms with van der Waals surface area (Å²) in [6, 6.07) is 1.27. The SMILES string of the molecule is COCc1n[nH]c(=O)n1C1CC[C@@](CO[C@H](C)c2cc(C(F)(F)F)cc(C(F)(F)F)c2)(C2C=CC=CC2C)NC1. The molecule has 13 heteroatoms. The number of nitrogens with one attached hydrogen (secondary N) is 2. The predicted octanol–water partition coefficient (Wildman–Crippen LogP) is 5.57. The van der Waals surface area contributed by atoms with Gasteiger partial charge in [0.2, 0.25) is 0 Å². The van der Waals surface area contributed by atoms with Gasteiger partial charge in [0.1, 0.15) is 6.61 Å². The van der Waals surface area contributed by atoms with Crippen LogP contribution in [0.5, 0.6) is 0 Å². The molecule has 7 nitrogen and oxygen atoms in total. The Balaban J connectivity index is 1.59. The molecular formula is C27H32F6N4O3. The number of hydrogen-bond donors (Lipinski definition) is 2. The van der Waals surface area contributed by atoms with E-state index in [9.17, 15) is 31.1 Å². The van der Waals surface area contributed by atoms with E-state index < -0.39 is 35.1 Å². The average Bonchev–Trinajstić information content (AvgIpc) is 3.26. The number of methoxy groups -OCH3 is 1. The van der Waals surface area contributed by atoms with E-state index in [-0.39, 0.29) is 48.4 Å². The molecule has 0 spiro atoms. The summed E-state index contributed by atoms with van der Waals surface area (Å²) in [5.41, 5.74) is -4.03. The van der Waals surface area contributed by atoms with Gasteiger partial charge < -0.3 is 14.8 Å². The van der Waals surface area contributed by atoms with Crippen molar-refractivity contribution in [2.45, 2.75) is 63.3 Å². The van der Waals surface area contributed by atoms with Gasteiger partial charge in [-0.25, -0.2) is 9.89 Å². The van der Waals surface area contributed by atoms with Crippen LogP contribution in [-0.4, -0.2) is 40.6 Å². The number of halogens is 6. The van der Waals surface area contributed by atoms with Crippen LogP contribution in [0.15, 0.2) is 47.3 Å². The average molecular weight is 575 g/mol. The molecule has 1 aromatic heterocycles. The van der Waals surface area contributed by atoms with E-state index in [4.69, 9.17) is 9.47 Å². The monoisotopic (exact) mass is 574 g/mol. The molecule has 4 rings (SSSR count). The van der Waals surface area contributed by atoms with E-state index in [0.717, 1.165) is 0 Å². The highest BCUT2D eigenvalue weighted by Crippen LogP contribution is 2.41. The lowest BCUT2D eigenvalue weighted by atomic mass is 9.70. The van der Waals surface area contributed by atoms with E-state index >= 15 is 0 Å². The Bertz CT molecular complexity index is 1260. The Labute approximate surface area is 227 Å². The molecule has 2 N–H and O–H groups in total. The molecule has 1 saturated heterocycles. The molecule has 2 heterocycles. The molecule has 40 heavy (non-hydrogen) atoms. The van der Waals surface area contributed by atoms with Crippen LogP contribution in [0.2, 0.25) is 0 Å². The third-order valence-electron chi connectivity index (χ3n) is 7.75. The summed E-state index contributed by atoms with van der Waals surface area (Å²) in [5, 5.41) is 10.0. The number of aromatic nitrogens is 3. The van der Waals surface area contributed by atoms with Gasteiger partial charge in [-0.3, -0.25) is 4.57 Å². The van der Waals surface area contributed by atoms with E-state index in [2.05, 4.69) is 15.5 Å². The molecule has 2 aliphatic rings. The zero-order valence-corrected chi connectivity index (χ0v) is 22.3. The number of rotatable bonds is 8. The quantitative estimate of drug-likeness (QED) is 0.403. The predicted molar refractivity (Wildman–Crippen MR) is 134 cm³/mol. The summed E-state index contributed by atoms with van der Waals surface area (Å²) in [4.78, 5) is 12.5. The normalized spacial score (nSPS) is 26.3. The number of nitrogens with zero attached hydrogens (tertiary/aromatic N) is 2. The highest BCUT2D eigenvalue weighted by atomic mass is 19.4. The summed E-state index contributed by atoms with van der Waals surface area (Å²) in [6.07, 6.45) is -1.97. The summed E-state index contributed by atoms with van der Waals surface area (Å²) >= 11 is 0. The molecule has 0 radical (unpaired) electrons. The number of alkyl halides is 6. The minimum atomic E-state index is -4.95. The number of allylic oxidation sites excluding steroid dienone is 3.